The second-order valence-electron chi connectivity index (χ2n) is 6.49. The maximum Gasteiger partial charge on any atom is 0.182 e. The molecule has 146 valence electrons. The van der Waals surface area contributed by atoms with Crippen LogP contribution in [0, 0.1) is 11.0 Å². The highest BCUT2D eigenvalue weighted by atomic mass is 35.5. The van der Waals surface area contributed by atoms with Gasteiger partial charge in [0.1, 0.15) is 22.8 Å². The molecule has 1 atom stereocenters. The highest BCUT2D eigenvalue weighted by molar-refractivity contribution is 6.39. The number of hydrogen-bond acceptors (Lipinski definition) is 3. The molecule has 1 unspecified atom stereocenters. The smallest absolute Gasteiger partial charge is 0.182 e. The molecule has 1 aliphatic heterocycles. The Morgan fingerprint density at radius 1 is 0.862 bits per heavy atom. The van der Waals surface area contributed by atoms with Crippen LogP contribution in [0.4, 0.5) is 10.1 Å². The van der Waals surface area contributed by atoms with Gasteiger partial charge in [0, 0.05) is 17.2 Å². The molecule has 3 aromatic carbocycles. The molecule has 1 heterocycles. The lowest BCUT2D eigenvalue weighted by atomic mass is 10.1. The largest absolute Gasteiger partial charge is 0.599 e. The fraction of sp³-hybridized carbons (Fsp3) is 0.0455. The normalized spacial score (nSPS) is 18.8. The molecule has 0 saturated carbocycles. The first-order chi connectivity index (χ1) is 13.9. The van der Waals surface area contributed by atoms with Crippen LogP contribution in [0.25, 0.3) is 11.1 Å². The van der Waals surface area contributed by atoms with Gasteiger partial charge in [0.15, 0.2) is 18.0 Å². The van der Waals surface area contributed by atoms with Crippen molar-refractivity contribution >= 4 is 35.1 Å². The number of hydrogen-bond donors (Lipinski definition) is 0. The van der Waals surface area contributed by atoms with Crippen molar-refractivity contribution in [3.05, 3.63) is 99.6 Å². The molecule has 4 rings (SSSR count). The molecule has 0 N–H and O–H groups in total. The summed E-state index contributed by atoms with van der Waals surface area (Å²) in [5.74, 6) is 0.567. The predicted octanol–water partition coefficient (Wildman–Crippen LogP) is 6.48. The van der Waals surface area contributed by atoms with E-state index in [1.165, 1.54) is 18.3 Å². The highest BCUT2D eigenvalue weighted by Crippen LogP contribution is 2.31. The summed E-state index contributed by atoms with van der Waals surface area (Å²) in [6, 6.07) is 20.0. The number of ether oxygens (including phenoxy) is 1. The number of quaternary nitrogens is 1. The molecule has 7 heteroatoms. The van der Waals surface area contributed by atoms with Gasteiger partial charge in [-0.3, -0.25) is 0 Å². The van der Waals surface area contributed by atoms with E-state index in [1.807, 2.05) is 12.1 Å². The van der Waals surface area contributed by atoms with Gasteiger partial charge in [-0.2, -0.15) is 4.76 Å². The van der Waals surface area contributed by atoms with Crippen LogP contribution < -0.4 is 9.49 Å². The van der Waals surface area contributed by atoms with E-state index in [9.17, 15) is 9.60 Å². The van der Waals surface area contributed by atoms with Gasteiger partial charge in [-0.15, -0.1) is 0 Å². The molecule has 0 radical (unpaired) electrons. The maximum absolute atomic E-state index is 13.1. The maximum atomic E-state index is 13.1. The van der Waals surface area contributed by atoms with E-state index in [0.717, 1.165) is 11.1 Å². The van der Waals surface area contributed by atoms with Gasteiger partial charge in [-0.05, 0) is 47.5 Å². The zero-order chi connectivity index (χ0) is 20.4. The van der Waals surface area contributed by atoms with Crippen molar-refractivity contribution in [2.24, 2.45) is 5.10 Å². The van der Waals surface area contributed by atoms with Crippen LogP contribution in [-0.2, 0) is 0 Å². The third-order valence-electron chi connectivity index (χ3n) is 4.48. The molecule has 4 nitrogen and oxygen atoms in total. The summed E-state index contributed by atoms with van der Waals surface area (Å²) in [5, 5.41) is 18.0. The van der Waals surface area contributed by atoms with Crippen molar-refractivity contribution in [2.45, 2.75) is 0 Å². The van der Waals surface area contributed by atoms with Crippen LogP contribution in [0.3, 0.4) is 0 Å². The number of allylic oxidation sites excluding steroid dienone is 1. The van der Waals surface area contributed by atoms with Crippen LogP contribution >= 0.6 is 23.2 Å². The minimum atomic E-state index is -0.976. The minimum Gasteiger partial charge on any atom is -0.599 e. The second-order valence-corrected chi connectivity index (χ2v) is 7.33. The summed E-state index contributed by atoms with van der Waals surface area (Å²) in [4.78, 5) is 0. The fourth-order valence-electron chi connectivity index (χ4n) is 2.94. The molecule has 1 aliphatic rings. The van der Waals surface area contributed by atoms with Crippen LogP contribution in [0.1, 0.15) is 0 Å². The van der Waals surface area contributed by atoms with E-state index in [1.54, 1.807) is 48.5 Å². The summed E-state index contributed by atoms with van der Waals surface area (Å²) in [6.45, 7) is -0.0866. The Morgan fingerprint density at radius 2 is 1.45 bits per heavy atom. The topological polar surface area (TPSA) is 44.6 Å². The molecule has 0 saturated heterocycles. The summed E-state index contributed by atoms with van der Waals surface area (Å²) < 4.78 is 18.0. The van der Waals surface area contributed by atoms with Crippen molar-refractivity contribution in [2.75, 3.05) is 6.54 Å². The Labute approximate surface area is 177 Å². The van der Waals surface area contributed by atoms with E-state index in [2.05, 4.69) is 5.10 Å². The molecule has 0 aliphatic carbocycles. The predicted molar refractivity (Wildman–Crippen MR) is 115 cm³/mol. The molecule has 0 fully saturated rings. The average Bonchev–Trinajstić information content (AvgIpc) is 2.72. The van der Waals surface area contributed by atoms with Gasteiger partial charge in [-0.25, -0.2) is 4.39 Å². The fourth-order valence-corrected chi connectivity index (χ4v) is 3.21. The Bertz CT molecular complexity index is 1080. The lowest BCUT2D eigenvalue weighted by molar-refractivity contribution is 0.325. The summed E-state index contributed by atoms with van der Waals surface area (Å²) in [7, 11) is 0. The zero-order valence-electron chi connectivity index (χ0n) is 15.1. The Balaban J connectivity index is 1.53. The monoisotopic (exact) mass is 428 g/mol. The molecular formula is C22H15Cl2FN2O2. The number of halogens is 3. The Kier molecular flexibility index (Phi) is 5.39. The molecule has 0 aromatic heterocycles. The Hall–Kier alpha value is -2.70. The lowest BCUT2D eigenvalue weighted by Crippen LogP contribution is -2.42. The second kappa shape index (κ2) is 7.97. The Morgan fingerprint density at radius 3 is 2.07 bits per heavy atom. The highest BCUT2D eigenvalue weighted by Gasteiger charge is 2.29. The van der Waals surface area contributed by atoms with Crippen molar-refractivity contribution in [3.63, 3.8) is 0 Å². The first-order valence-corrected chi connectivity index (χ1v) is 9.52. The van der Waals surface area contributed by atoms with Crippen molar-refractivity contribution in [3.8, 4) is 16.9 Å². The lowest BCUT2D eigenvalue weighted by Gasteiger charge is -2.37. The van der Waals surface area contributed by atoms with Gasteiger partial charge in [0.2, 0.25) is 0 Å². The van der Waals surface area contributed by atoms with Crippen LogP contribution in [0.2, 0.25) is 5.02 Å². The summed E-state index contributed by atoms with van der Waals surface area (Å²) in [6.07, 6.45) is 1.30. The molecule has 3 aromatic rings. The van der Waals surface area contributed by atoms with Crippen LogP contribution in [0.15, 0.2) is 88.7 Å². The van der Waals surface area contributed by atoms with Gasteiger partial charge >= 0.3 is 0 Å². The van der Waals surface area contributed by atoms with E-state index in [0.29, 0.717) is 22.2 Å². The quantitative estimate of drug-likeness (QED) is 0.352. The van der Waals surface area contributed by atoms with Crippen molar-refractivity contribution < 1.29 is 9.13 Å². The zero-order valence-corrected chi connectivity index (χ0v) is 16.6. The minimum absolute atomic E-state index is 0.0866. The number of hydroxylamine groups is 1. The SMILES string of the molecule is [O-][N+]1(c2ccc(Cl)cc2)CC(Oc2ccc(-c3ccc(F)cc3)cc2)=C(Cl)C=N1. The van der Waals surface area contributed by atoms with Crippen LogP contribution in [0.5, 0.6) is 5.75 Å². The third-order valence-corrected chi connectivity index (χ3v) is 5.05. The van der Waals surface area contributed by atoms with Gasteiger partial charge in [-0.1, -0.05) is 52.6 Å². The number of benzene rings is 3. The van der Waals surface area contributed by atoms with Gasteiger partial charge in [0.05, 0.1) is 0 Å². The summed E-state index contributed by atoms with van der Waals surface area (Å²) in [5.41, 5.74) is 2.22. The third kappa shape index (κ3) is 4.33. The van der Waals surface area contributed by atoms with E-state index in [-0.39, 0.29) is 17.4 Å². The molecular weight excluding hydrogens is 414 g/mol. The molecule has 0 bridgehead atoms. The first-order valence-electron chi connectivity index (χ1n) is 8.76. The van der Waals surface area contributed by atoms with E-state index in [4.69, 9.17) is 27.9 Å². The summed E-state index contributed by atoms with van der Waals surface area (Å²) >= 11 is 12.1. The molecule has 29 heavy (non-hydrogen) atoms. The van der Waals surface area contributed by atoms with Gasteiger partial charge < -0.3 is 9.94 Å². The van der Waals surface area contributed by atoms with Gasteiger partial charge in [0.25, 0.3) is 0 Å². The average molecular weight is 429 g/mol. The number of rotatable bonds is 4. The molecule has 0 amide bonds. The standard InChI is InChI=1S/C22H15Cl2FN2O2/c23-17-5-9-19(10-6-17)27(28)14-22(21(24)13-26-27)29-20-11-3-16(4-12-20)15-1-7-18(25)8-2-15/h1-13H,14H2. The first kappa shape index (κ1) is 19.6. The van der Waals surface area contributed by atoms with Crippen molar-refractivity contribution in [1.29, 1.82) is 0 Å². The van der Waals surface area contributed by atoms with E-state index >= 15 is 0 Å². The number of nitrogens with zero attached hydrogens (tertiary/aromatic N) is 2. The van der Waals surface area contributed by atoms with Crippen molar-refractivity contribution in [1.82, 2.24) is 4.76 Å². The van der Waals surface area contributed by atoms with E-state index < -0.39 is 4.76 Å². The van der Waals surface area contributed by atoms with Crippen LogP contribution in [-0.4, -0.2) is 12.8 Å². The molecule has 0 spiro atoms.